The number of urea groups is 1. The molecule has 1 unspecified atom stereocenters. The molecular formula is C20H26F3N3O2. The maximum atomic E-state index is 12.9. The van der Waals surface area contributed by atoms with Gasteiger partial charge in [0.1, 0.15) is 0 Å². The summed E-state index contributed by atoms with van der Waals surface area (Å²) < 4.78 is 38.6. The number of alkyl halides is 3. The third kappa shape index (κ3) is 4.77. The van der Waals surface area contributed by atoms with Crippen molar-refractivity contribution in [1.29, 1.82) is 0 Å². The van der Waals surface area contributed by atoms with E-state index in [4.69, 9.17) is 0 Å². The highest BCUT2D eigenvalue weighted by atomic mass is 19.4. The summed E-state index contributed by atoms with van der Waals surface area (Å²) in [6, 6.07) is 4.14. The van der Waals surface area contributed by atoms with Gasteiger partial charge in [-0.1, -0.05) is 12.1 Å². The summed E-state index contributed by atoms with van der Waals surface area (Å²) in [5.41, 5.74) is -0.324. The highest BCUT2D eigenvalue weighted by molar-refractivity contribution is 5.80. The van der Waals surface area contributed by atoms with E-state index in [1.807, 2.05) is 4.90 Å². The van der Waals surface area contributed by atoms with E-state index >= 15 is 0 Å². The Morgan fingerprint density at radius 1 is 1.07 bits per heavy atom. The number of hydrogen-bond donors (Lipinski definition) is 1. The van der Waals surface area contributed by atoms with Crippen molar-refractivity contribution in [2.75, 3.05) is 26.2 Å². The van der Waals surface area contributed by atoms with Crippen LogP contribution in [0.5, 0.6) is 0 Å². The molecular weight excluding hydrogens is 371 g/mol. The van der Waals surface area contributed by atoms with Crippen molar-refractivity contribution in [1.82, 2.24) is 15.1 Å². The Labute approximate surface area is 162 Å². The Bertz CT molecular complexity index is 709. The number of benzene rings is 1. The van der Waals surface area contributed by atoms with Crippen LogP contribution in [0.25, 0.3) is 0 Å². The highest BCUT2D eigenvalue weighted by Gasteiger charge is 2.32. The van der Waals surface area contributed by atoms with Crippen molar-refractivity contribution in [3.63, 3.8) is 0 Å². The first-order valence-corrected chi connectivity index (χ1v) is 9.77. The summed E-state index contributed by atoms with van der Waals surface area (Å²) in [7, 11) is 0. The monoisotopic (exact) mass is 397 g/mol. The first-order valence-electron chi connectivity index (χ1n) is 9.77. The molecule has 0 bridgehead atoms. The molecule has 0 saturated carbocycles. The van der Waals surface area contributed by atoms with Crippen molar-refractivity contribution in [3.05, 3.63) is 35.4 Å². The average Bonchev–Trinajstić information content (AvgIpc) is 3.21. The third-order valence-corrected chi connectivity index (χ3v) is 5.60. The molecule has 154 valence electrons. The Hall–Kier alpha value is -2.25. The van der Waals surface area contributed by atoms with Crippen LogP contribution in [0.15, 0.2) is 24.3 Å². The smallest absolute Gasteiger partial charge is 0.342 e. The summed E-state index contributed by atoms with van der Waals surface area (Å²) in [6.45, 7) is 4.27. The third-order valence-electron chi connectivity index (χ3n) is 5.60. The van der Waals surface area contributed by atoms with Crippen LogP contribution in [0.2, 0.25) is 0 Å². The van der Waals surface area contributed by atoms with Gasteiger partial charge in [-0.05, 0) is 50.3 Å². The molecule has 3 rings (SSSR count). The van der Waals surface area contributed by atoms with Gasteiger partial charge in [0.25, 0.3) is 0 Å². The Balaban J connectivity index is 1.52. The minimum absolute atomic E-state index is 0.0389. The van der Waals surface area contributed by atoms with Crippen molar-refractivity contribution in [3.8, 4) is 0 Å². The van der Waals surface area contributed by atoms with Gasteiger partial charge in [-0.3, -0.25) is 4.79 Å². The molecule has 2 saturated heterocycles. The predicted molar refractivity (Wildman–Crippen MR) is 98.5 cm³/mol. The number of hydrogen-bond acceptors (Lipinski definition) is 2. The van der Waals surface area contributed by atoms with Crippen LogP contribution in [0.1, 0.15) is 49.8 Å². The van der Waals surface area contributed by atoms with Gasteiger partial charge < -0.3 is 15.1 Å². The van der Waals surface area contributed by atoms with E-state index in [9.17, 15) is 22.8 Å². The molecule has 0 spiro atoms. The summed E-state index contributed by atoms with van der Waals surface area (Å²) in [6.07, 6.45) is -1.05. The predicted octanol–water partition coefficient (Wildman–Crippen LogP) is 3.81. The number of amides is 3. The Morgan fingerprint density at radius 3 is 2.32 bits per heavy atom. The molecule has 2 fully saturated rings. The summed E-state index contributed by atoms with van der Waals surface area (Å²) in [5.74, 6) is 0.151. The molecule has 1 aromatic rings. The largest absolute Gasteiger partial charge is 0.416 e. The number of halogens is 3. The lowest BCUT2D eigenvalue weighted by Crippen LogP contribution is -2.47. The second kappa shape index (κ2) is 8.41. The average molecular weight is 397 g/mol. The second-order valence-electron chi connectivity index (χ2n) is 7.59. The zero-order valence-electron chi connectivity index (χ0n) is 16.0. The number of nitrogens with zero attached hydrogens (tertiary/aromatic N) is 2. The van der Waals surface area contributed by atoms with Crippen molar-refractivity contribution in [2.24, 2.45) is 5.92 Å². The molecule has 1 aromatic carbocycles. The van der Waals surface area contributed by atoms with Gasteiger partial charge in [0, 0.05) is 32.1 Å². The van der Waals surface area contributed by atoms with Crippen LogP contribution in [0, 0.1) is 5.92 Å². The van der Waals surface area contributed by atoms with Gasteiger partial charge in [0.05, 0.1) is 11.6 Å². The standard InChI is InChI=1S/C20H26F3N3O2/c1-14(16-5-4-6-17(13-16)20(21,22)23)24-19(28)26-11-7-15(8-12-26)18(27)25-9-2-3-10-25/h4-6,13-15H,2-3,7-12H2,1H3,(H,24,28). The van der Waals surface area contributed by atoms with Crippen LogP contribution in [0.3, 0.4) is 0 Å². The fourth-order valence-electron chi connectivity index (χ4n) is 3.87. The van der Waals surface area contributed by atoms with Crippen LogP contribution in [-0.4, -0.2) is 47.9 Å². The molecule has 0 radical (unpaired) electrons. The van der Waals surface area contributed by atoms with Gasteiger partial charge in [0.2, 0.25) is 5.91 Å². The normalized spacial score (nSPS) is 19.6. The highest BCUT2D eigenvalue weighted by Crippen LogP contribution is 2.31. The fourth-order valence-corrected chi connectivity index (χ4v) is 3.87. The van der Waals surface area contributed by atoms with Crippen LogP contribution in [-0.2, 0) is 11.0 Å². The second-order valence-corrected chi connectivity index (χ2v) is 7.59. The lowest BCUT2D eigenvalue weighted by molar-refractivity contribution is -0.137. The minimum Gasteiger partial charge on any atom is -0.342 e. The molecule has 2 aliphatic rings. The van der Waals surface area contributed by atoms with E-state index in [1.165, 1.54) is 6.07 Å². The number of rotatable bonds is 3. The van der Waals surface area contributed by atoms with Crippen molar-refractivity contribution >= 4 is 11.9 Å². The Morgan fingerprint density at radius 2 is 1.71 bits per heavy atom. The van der Waals surface area contributed by atoms with E-state index in [-0.39, 0.29) is 17.9 Å². The van der Waals surface area contributed by atoms with Crippen molar-refractivity contribution < 1.29 is 22.8 Å². The molecule has 0 aliphatic carbocycles. The summed E-state index contributed by atoms with van der Waals surface area (Å²) in [5, 5.41) is 2.77. The first-order chi connectivity index (χ1) is 13.3. The van der Waals surface area contributed by atoms with Gasteiger partial charge in [-0.2, -0.15) is 13.2 Å². The molecule has 0 aromatic heterocycles. The molecule has 8 heteroatoms. The SMILES string of the molecule is CC(NC(=O)N1CCC(C(=O)N2CCCC2)CC1)c1cccc(C(F)(F)F)c1. The van der Waals surface area contributed by atoms with Gasteiger partial charge in [0.15, 0.2) is 0 Å². The van der Waals surface area contributed by atoms with E-state index < -0.39 is 17.8 Å². The molecule has 2 heterocycles. The molecule has 5 nitrogen and oxygen atoms in total. The summed E-state index contributed by atoms with van der Waals surface area (Å²) in [4.78, 5) is 28.5. The first kappa shape index (κ1) is 20.5. The van der Waals surface area contributed by atoms with Crippen molar-refractivity contribution in [2.45, 2.75) is 44.8 Å². The quantitative estimate of drug-likeness (QED) is 0.843. The number of carbonyl (C=O) groups is 2. The van der Waals surface area contributed by atoms with Gasteiger partial charge >= 0.3 is 12.2 Å². The minimum atomic E-state index is -4.41. The summed E-state index contributed by atoms with van der Waals surface area (Å²) >= 11 is 0. The van der Waals surface area contributed by atoms with E-state index in [0.717, 1.165) is 38.1 Å². The molecule has 2 aliphatic heterocycles. The number of likely N-dealkylation sites (tertiary alicyclic amines) is 2. The number of carbonyl (C=O) groups excluding carboxylic acids is 2. The van der Waals surface area contributed by atoms with E-state index in [0.29, 0.717) is 31.5 Å². The lowest BCUT2D eigenvalue weighted by Gasteiger charge is -2.33. The number of piperidine rings is 1. The van der Waals surface area contributed by atoms with E-state index in [1.54, 1.807) is 17.9 Å². The van der Waals surface area contributed by atoms with Crippen LogP contribution >= 0.6 is 0 Å². The van der Waals surface area contributed by atoms with Crippen LogP contribution < -0.4 is 5.32 Å². The van der Waals surface area contributed by atoms with Gasteiger partial charge in [-0.15, -0.1) is 0 Å². The zero-order chi connectivity index (χ0) is 20.3. The molecule has 3 amide bonds. The van der Waals surface area contributed by atoms with Gasteiger partial charge in [-0.25, -0.2) is 4.79 Å². The fraction of sp³-hybridized carbons (Fsp3) is 0.600. The number of nitrogens with one attached hydrogen (secondary N) is 1. The topological polar surface area (TPSA) is 52.7 Å². The maximum absolute atomic E-state index is 12.9. The molecule has 28 heavy (non-hydrogen) atoms. The lowest BCUT2D eigenvalue weighted by atomic mass is 9.95. The van der Waals surface area contributed by atoms with E-state index in [2.05, 4.69) is 5.32 Å². The maximum Gasteiger partial charge on any atom is 0.416 e. The van der Waals surface area contributed by atoms with Crippen LogP contribution in [0.4, 0.5) is 18.0 Å². The Kier molecular flexibility index (Phi) is 6.15. The zero-order valence-corrected chi connectivity index (χ0v) is 16.0. The molecule has 1 atom stereocenters. The molecule has 1 N–H and O–H groups in total.